The standard InChI is InChI=1S/C34H70N4O2.C5H11N3S.C2H6.CH4/c1-3-5-7-9-11-13-15-17-19-21-23-25-31-38(34(40)28-27-33(39)36-29-30-37-35)32-26-24-22-20-18-16-14-12-10-8-6-4-2;1-5(9)8-3-2-7-4-6;1-2;/h37H,3-32,35H2,1-2H3,(H,36,39);4H,2-3H2,1H3,(H2,6,7)(H,8,9);1-2H3;1H4. The highest BCUT2D eigenvalue weighted by atomic mass is 32.1. The monoisotopic (exact) mass is 758 g/mol. The van der Waals surface area contributed by atoms with Crippen LogP contribution in [0.2, 0.25) is 0 Å². The van der Waals surface area contributed by atoms with E-state index >= 15 is 0 Å². The Labute approximate surface area is 329 Å². The number of nitrogens with two attached hydrogens (primary N) is 2. The smallest absolute Gasteiger partial charge is 0.223 e. The van der Waals surface area contributed by atoms with Crippen LogP contribution in [0, 0.1) is 0 Å². The third-order valence-electron chi connectivity index (χ3n) is 8.79. The molecule has 312 valence electrons. The van der Waals surface area contributed by atoms with Gasteiger partial charge < -0.3 is 21.3 Å². The van der Waals surface area contributed by atoms with Gasteiger partial charge in [-0.25, -0.2) is 0 Å². The molecule has 0 aliphatic rings. The van der Waals surface area contributed by atoms with Crippen molar-refractivity contribution >= 4 is 35.4 Å². The zero-order valence-corrected chi connectivity index (χ0v) is 35.3. The summed E-state index contributed by atoms with van der Waals surface area (Å²) in [5.41, 5.74) is 7.52. The van der Waals surface area contributed by atoms with E-state index in [0.29, 0.717) is 26.1 Å². The lowest BCUT2D eigenvalue weighted by Crippen LogP contribution is -2.36. The predicted octanol–water partition coefficient (Wildman–Crippen LogP) is 10.1. The van der Waals surface area contributed by atoms with E-state index < -0.39 is 0 Å². The molecule has 0 saturated carbocycles. The average Bonchev–Trinajstić information content (AvgIpc) is 3.13. The molecule has 10 heteroatoms. The Morgan fingerprint density at radius 3 is 1.35 bits per heavy atom. The molecule has 0 bridgehead atoms. The number of hydrogen-bond donors (Lipinski definition) is 5. The number of amides is 2. The molecule has 0 aromatic heterocycles. The van der Waals surface area contributed by atoms with E-state index in [0.717, 1.165) is 37.5 Å². The van der Waals surface area contributed by atoms with Crippen LogP contribution in [-0.4, -0.2) is 67.3 Å². The second-order valence-corrected chi connectivity index (χ2v) is 14.1. The Bertz CT molecular complexity index is 728. The first-order valence-electron chi connectivity index (χ1n) is 21.3. The summed E-state index contributed by atoms with van der Waals surface area (Å²) in [5.74, 6) is 5.32. The number of carbonyl (C=O) groups excluding carboxylic acids is 2. The number of hydrazine groups is 1. The van der Waals surface area contributed by atoms with Gasteiger partial charge in [-0.2, -0.15) is 0 Å². The minimum Gasteiger partial charge on any atom is -0.390 e. The van der Waals surface area contributed by atoms with Crippen LogP contribution in [0.1, 0.15) is 209 Å². The highest BCUT2D eigenvalue weighted by Crippen LogP contribution is 2.14. The van der Waals surface area contributed by atoms with Gasteiger partial charge in [-0.15, -0.1) is 0 Å². The van der Waals surface area contributed by atoms with Crippen molar-refractivity contribution in [1.82, 2.24) is 21.0 Å². The Morgan fingerprint density at radius 2 is 1.00 bits per heavy atom. The number of hydrogen-bond acceptors (Lipinski definition) is 6. The summed E-state index contributed by atoms with van der Waals surface area (Å²) in [7, 11) is 0. The lowest BCUT2D eigenvalue weighted by atomic mass is 10.0. The SMILES string of the molecule is C.CC.CC(=S)NCCN=CN.CCCCCCCCCCCCCCN(CCCCCCCCCCCCCC)C(=O)CCC(=O)NCCNN. The molecular formula is C42H91N7O2S. The van der Waals surface area contributed by atoms with Crippen molar-refractivity contribution in [1.29, 1.82) is 0 Å². The zero-order valence-electron chi connectivity index (χ0n) is 34.5. The summed E-state index contributed by atoms with van der Waals surface area (Å²) in [6, 6.07) is 0. The van der Waals surface area contributed by atoms with Crippen LogP contribution in [0.4, 0.5) is 0 Å². The summed E-state index contributed by atoms with van der Waals surface area (Å²) in [4.78, 5) is 31.6. The van der Waals surface area contributed by atoms with E-state index in [1.54, 1.807) is 0 Å². The number of aliphatic imine (C=N–C) groups is 1. The fourth-order valence-electron chi connectivity index (χ4n) is 5.76. The zero-order chi connectivity index (χ0) is 38.5. The molecule has 2 amide bonds. The second-order valence-electron chi connectivity index (χ2n) is 13.5. The fraction of sp³-hybridized carbons (Fsp3) is 0.905. The molecule has 0 saturated heterocycles. The maximum absolute atomic E-state index is 13.0. The number of nitrogens with zero attached hydrogens (tertiary/aromatic N) is 2. The lowest BCUT2D eigenvalue weighted by molar-refractivity contribution is -0.133. The van der Waals surface area contributed by atoms with E-state index in [1.807, 2.05) is 25.7 Å². The Hall–Kier alpha value is -1.78. The van der Waals surface area contributed by atoms with Crippen molar-refractivity contribution < 1.29 is 9.59 Å². The van der Waals surface area contributed by atoms with Crippen molar-refractivity contribution in [3.8, 4) is 0 Å². The van der Waals surface area contributed by atoms with Gasteiger partial charge in [-0.1, -0.05) is 189 Å². The van der Waals surface area contributed by atoms with Crippen LogP contribution in [-0.2, 0) is 9.59 Å². The summed E-state index contributed by atoms with van der Waals surface area (Å²) >= 11 is 4.75. The largest absolute Gasteiger partial charge is 0.390 e. The van der Waals surface area contributed by atoms with Crippen LogP contribution < -0.4 is 27.6 Å². The molecular weight excluding hydrogens is 667 g/mol. The predicted molar refractivity (Wildman–Crippen MR) is 235 cm³/mol. The molecule has 0 unspecified atom stereocenters. The third-order valence-corrected chi connectivity index (χ3v) is 8.94. The van der Waals surface area contributed by atoms with Gasteiger partial charge in [0.25, 0.3) is 0 Å². The maximum Gasteiger partial charge on any atom is 0.223 e. The van der Waals surface area contributed by atoms with Crippen molar-refractivity contribution in [2.75, 3.05) is 39.3 Å². The van der Waals surface area contributed by atoms with E-state index in [1.165, 1.54) is 148 Å². The number of nitrogens with one attached hydrogen (secondary N) is 3. The van der Waals surface area contributed by atoms with Gasteiger partial charge in [0, 0.05) is 45.6 Å². The molecule has 9 nitrogen and oxygen atoms in total. The van der Waals surface area contributed by atoms with Gasteiger partial charge in [-0.05, 0) is 19.8 Å². The molecule has 52 heavy (non-hydrogen) atoms. The second kappa shape index (κ2) is 51.3. The Kier molecular flexibility index (Phi) is 56.2. The van der Waals surface area contributed by atoms with Gasteiger partial charge in [-0.3, -0.25) is 25.8 Å². The summed E-state index contributed by atoms with van der Waals surface area (Å²) in [6.07, 6.45) is 33.7. The molecule has 0 aromatic rings. The normalized spacial score (nSPS) is 10.4. The summed E-state index contributed by atoms with van der Waals surface area (Å²) < 4.78 is 0. The average molecular weight is 758 g/mol. The highest BCUT2D eigenvalue weighted by molar-refractivity contribution is 7.80. The molecule has 0 aliphatic carbocycles. The van der Waals surface area contributed by atoms with Crippen molar-refractivity contribution in [2.45, 2.75) is 209 Å². The van der Waals surface area contributed by atoms with Crippen LogP contribution in [0.3, 0.4) is 0 Å². The molecule has 0 aromatic carbocycles. The van der Waals surface area contributed by atoms with Crippen LogP contribution in [0.5, 0.6) is 0 Å². The molecule has 0 fully saturated rings. The Balaban J connectivity index is -0.000000829. The van der Waals surface area contributed by atoms with E-state index in [2.05, 4.69) is 34.9 Å². The van der Waals surface area contributed by atoms with Crippen LogP contribution >= 0.6 is 12.2 Å². The van der Waals surface area contributed by atoms with Gasteiger partial charge in [0.05, 0.1) is 17.9 Å². The maximum atomic E-state index is 13.0. The van der Waals surface area contributed by atoms with Gasteiger partial charge in [0.15, 0.2) is 0 Å². The quantitative estimate of drug-likeness (QED) is 0.0108. The molecule has 0 heterocycles. The fourth-order valence-corrected chi connectivity index (χ4v) is 5.86. The minimum atomic E-state index is -0.0701. The summed E-state index contributed by atoms with van der Waals surface area (Å²) in [6.45, 7) is 14.5. The summed E-state index contributed by atoms with van der Waals surface area (Å²) in [5, 5.41) is 5.75. The van der Waals surface area contributed by atoms with Crippen molar-refractivity contribution in [3.63, 3.8) is 0 Å². The number of unbranched alkanes of at least 4 members (excludes halogenated alkanes) is 22. The number of rotatable bonds is 35. The van der Waals surface area contributed by atoms with Crippen molar-refractivity contribution in [2.24, 2.45) is 16.6 Å². The minimum absolute atomic E-state index is 0. The Morgan fingerprint density at radius 1 is 0.615 bits per heavy atom. The molecule has 0 aliphatic heterocycles. The van der Waals surface area contributed by atoms with Gasteiger partial charge in [0.2, 0.25) is 11.8 Å². The first-order valence-corrected chi connectivity index (χ1v) is 21.8. The lowest BCUT2D eigenvalue weighted by Gasteiger charge is -2.23. The van der Waals surface area contributed by atoms with E-state index in [9.17, 15) is 9.59 Å². The molecule has 0 rings (SSSR count). The topological polar surface area (TPSA) is 138 Å². The molecule has 0 spiro atoms. The third kappa shape index (κ3) is 50.3. The first-order chi connectivity index (χ1) is 24.9. The van der Waals surface area contributed by atoms with Crippen molar-refractivity contribution in [3.05, 3.63) is 0 Å². The van der Waals surface area contributed by atoms with Crippen LogP contribution in [0.15, 0.2) is 4.99 Å². The number of carbonyl (C=O) groups is 2. The van der Waals surface area contributed by atoms with E-state index in [4.69, 9.17) is 23.8 Å². The number of thiocarbonyl (C=S) groups is 1. The molecule has 0 atom stereocenters. The molecule has 0 radical (unpaired) electrons. The van der Waals surface area contributed by atoms with Crippen LogP contribution in [0.25, 0.3) is 0 Å². The van der Waals surface area contributed by atoms with Gasteiger partial charge in [0.1, 0.15) is 0 Å². The highest BCUT2D eigenvalue weighted by Gasteiger charge is 2.14. The van der Waals surface area contributed by atoms with Gasteiger partial charge >= 0.3 is 0 Å². The van der Waals surface area contributed by atoms with E-state index in [-0.39, 0.29) is 25.7 Å². The molecule has 7 N–H and O–H groups in total. The first kappa shape index (κ1) is 57.0.